The molecule has 0 aliphatic heterocycles. The summed E-state index contributed by atoms with van der Waals surface area (Å²) in [6.07, 6.45) is 4.64. The first kappa shape index (κ1) is 13.7. The van der Waals surface area contributed by atoms with E-state index in [0.29, 0.717) is 6.04 Å². The Hall–Kier alpha value is -1.32. The van der Waals surface area contributed by atoms with Crippen molar-refractivity contribution in [3.8, 4) is 0 Å². The Morgan fingerprint density at radius 3 is 3.05 bits per heavy atom. The number of nitrogen functional groups attached to an aromatic ring is 1. The molecule has 0 saturated heterocycles. The molecule has 2 nitrogen and oxygen atoms in total. The van der Waals surface area contributed by atoms with Crippen LogP contribution in [-0.4, -0.2) is 24.5 Å². The quantitative estimate of drug-likeness (QED) is 0.873. The molecule has 3 rings (SSSR count). The Kier molecular flexibility index (Phi) is 4.08. The molecule has 1 heterocycles. The Balaban J connectivity index is 1.61. The van der Waals surface area contributed by atoms with E-state index in [0.717, 1.165) is 31.5 Å². The van der Waals surface area contributed by atoms with Crippen molar-refractivity contribution in [2.24, 2.45) is 0 Å². The molecule has 2 aromatic rings. The van der Waals surface area contributed by atoms with Gasteiger partial charge < -0.3 is 10.6 Å². The second kappa shape index (κ2) is 5.98. The van der Waals surface area contributed by atoms with Crippen molar-refractivity contribution in [1.82, 2.24) is 4.90 Å². The predicted octanol–water partition coefficient (Wildman–Crippen LogP) is 3.36. The maximum atomic E-state index is 6.07. The van der Waals surface area contributed by atoms with Gasteiger partial charge in [0.25, 0.3) is 0 Å². The SMILES string of the molecule is CN(CCc1ccsc1)C1CCc2c(N)cccc2C1. The van der Waals surface area contributed by atoms with Gasteiger partial charge in [0, 0.05) is 18.3 Å². The fourth-order valence-electron chi connectivity index (χ4n) is 3.12. The highest BCUT2D eigenvalue weighted by atomic mass is 32.1. The van der Waals surface area contributed by atoms with E-state index in [4.69, 9.17) is 5.73 Å². The number of hydrogen-bond acceptors (Lipinski definition) is 3. The first-order chi connectivity index (χ1) is 9.74. The largest absolute Gasteiger partial charge is 0.398 e. The van der Waals surface area contributed by atoms with Crippen LogP contribution in [0.4, 0.5) is 5.69 Å². The standard InChI is InChI=1S/C17H22N2S/c1-19(9-7-13-8-10-20-12-13)15-5-6-16-14(11-15)3-2-4-17(16)18/h2-4,8,10,12,15H,5-7,9,11,18H2,1H3. The molecule has 1 aromatic heterocycles. The van der Waals surface area contributed by atoms with Gasteiger partial charge >= 0.3 is 0 Å². The third-order valence-corrected chi connectivity index (χ3v) is 5.18. The fourth-order valence-corrected chi connectivity index (χ4v) is 3.82. The lowest BCUT2D eigenvalue weighted by Crippen LogP contribution is -2.37. The van der Waals surface area contributed by atoms with Crippen LogP contribution in [0.3, 0.4) is 0 Å². The summed E-state index contributed by atoms with van der Waals surface area (Å²) in [5.74, 6) is 0. The van der Waals surface area contributed by atoms with E-state index in [1.807, 2.05) is 6.07 Å². The van der Waals surface area contributed by atoms with Crippen LogP contribution in [0.2, 0.25) is 0 Å². The van der Waals surface area contributed by atoms with Crippen LogP contribution >= 0.6 is 11.3 Å². The molecule has 20 heavy (non-hydrogen) atoms. The molecule has 1 aliphatic carbocycles. The number of anilines is 1. The van der Waals surface area contributed by atoms with Gasteiger partial charge in [0.15, 0.2) is 0 Å². The molecule has 1 aromatic carbocycles. The molecular formula is C17H22N2S. The summed E-state index contributed by atoms with van der Waals surface area (Å²) in [6, 6.07) is 9.24. The molecule has 0 radical (unpaired) electrons. The Labute approximate surface area is 125 Å². The highest BCUT2D eigenvalue weighted by Gasteiger charge is 2.22. The van der Waals surface area contributed by atoms with Gasteiger partial charge in [-0.15, -0.1) is 0 Å². The Morgan fingerprint density at radius 1 is 1.35 bits per heavy atom. The van der Waals surface area contributed by atoms with Crippen LogP contribution in [0, 0.1) is 0 Å². The molecule has 1 unspecified atom stereocenters. The monoisotopic (exact) mass is 286 g/mol. The van der Waals surface area contributed by atoms with Crippen LogP contribution in [0.25, 0.3) is 0 Å². The van der Waals surface area contributed by atoms with Gasteiger partial charge in [-0.2, -0.15) is 11.3 Å². The van der Waals surface area contributed by atoms with E-state index in [1.165, 1.54) is 23.1 Å². The van der Waals surface area contributed by atoms with Gasteiger partial charge in [0.2, 0.25) is 0 Å². The van der Waals surface area contributed by atoms with Gasteiger partial charge in [-0.1, -0.05) is 12.1 Å². The van der Waals surface area contributed by atoms with E-state index in [1.54, 1.807) is 11.3 Å². The van der Waals surface area contributed by atoms with Crippen LogP contribution < -0.4 is 5.73 Å². The van der Waals surface area contributed by atoms with Crippen molar-refractivity contribution in [2.45, 2.75) is 31.7 Å². The van der Waals surface area contributed by atoms with Crippen LogP contribution in [-0.2, 0) is 19.3 Å². The molecular weight excluding hydrogens is 264 g/mol. The van der Waals surface area contributed by atoms with Crippen LogP contribution in [0.1, 0.15) is 23.1 Å². The predicted molar refractivity (Wildman–Crippen MR) is 87.3 cm³/mol. The Morgan fingerprint density at radius 2 is 2.25 bits per heavy atom. The van der Waals surface area contributed by atoms with Crippen molar-refractivity contribution < 1.29 is 0 Å². The molecule has 106 valence electrons. The summed E-state index contributed by atoms with van der Waals surface area (Å²) in [4.78, 5) is 2.52. The topological polar surface area (TPSA) is 29.3 Å². The molecule has 1 atom stereocenters. The summed E-state index contributed by atoms with van der Waals surface area (Å²) in [5.41, 5.74) is 11.3. The summed E-state index contributed by atoms with van der Waals surface area (Å²) in [7, 11) is 2.26. The normalized spacial score (nSPS) is 18.2. The summed E-state index contributed by atoms with van der Waals surface area (Å²) < 4.78 is 0. The molecule has 2 N–H and O–H groups in total. The highest BCUT2D eigenvalue weighted by molar-refractivity contribution is 7.07. The maximum absolute atomic E-state index is 6.07. The molecule has 0 bridgehead atoms. The minimum absolute atomic E-state index is 0.655. The highest BCUT2D eigenvalue weighted by Crippen LogP contribution is 2.28. The van der Waals surface area contributed by atoms with E-state index >= 15 is 0 Å². The summed E-state index contributed by atoms with van der Waals surface area (Å²) >= 11 is 1.79. The summed E-state index contributed by atoms with van der Waals surface area (Å²) in [5, 5.41) is 4.42. The zero-order valence-electron chi connectivity index (χ0n) is 12.0. The van der Waals surface area contributed by atoms with Crippen molar-refractivity contribution in [3.63, 3.8) is 0 Å². The van der Waals surface area contributed by atoms with Crippen molar-refractivity contribution >= 4 is 17.0 Å². The third-order valence-electron chi connectivity index (χ3n) is 4.45. The number of benzene rings is 1. The number of hydrogen-bond donors (Lipinski definition) is 1. The van der Waals surface area contributed by atoms with Gasteiger partial charge in [0.05, 0.1) is 0 Å². The Bertz CT molecular complexity index is 562. The molecule has 1 aliphatic rings. The van der Waals surface area contributed by atoms with E-state index in [9.17, 15) is 0 Å². The van der Waals surface area contributed by atoms with Gasteiger partial charge in [-0.25, -0.2) is 0 Å². The first-order valence-corrected chi connectivity index (χ1v) is 8.26. The fraction of sp³-hybridized carbons (Fsp3) is 0.412. The minimum Gasteiger partial charge on any atom is -0.398 e. The number of likely N-dealkylation sites (N-methyl/N-ethyl adjacent to an activating group) is 1. The van der Waals surface area contributed by atoms with Crippen LogP contribution in [0.15, 0.2) is 35.0 Å². The average Bonchev–Trinajstić information content (AvgIpc) is 2.98. The molecule has 0 amide bonds. The molecule has 3 heteroatoms. The van der Waals surface area contributed by atoms with Crippen molar-refractivity contribution in [2.75, 3.05) is 19.3 Å². The summed E-state index contributed by atoms with van der Waals surface area (Å²) in [6.45, 7) is 1.14. The lowest BCUT2D eigenvalue weighted by molar-refractivity contribution is 0.224. The van der Waals surface area contributed by atoms with Crippen molar-refractivity contribution in [1.29, 1.82) is 0 Å². The maximum Gasteiger partial charge on any atom is 0.0349 e. The minimum atomic E-state index is 0.655. The number of rotatable bonds is 4. The van der Waals surface area contributed by atoms with Gasteiger partial charge in [-0.05, 0) is 72.3 Å². The molecule has 0 saturated carbocycles. The zero-order valence-corrected chi connectivity index (χ0v) is 12.8. The van der Waals surface area contributed by atoms with Crippen molar-refractivity contribution in [3.05, 3.63) is 51.7 Å². The van der Waals surface area contributed by atoms with E-state index in [-0.39, 0.29) is 0 Å². The average molecular weight is 286 g/mol. The van der Waals surface area contributed by atoms with Crippen LogP contribution in [0.5, 0.6) is 0 Å². The second-order valence-corrected chi connectivity index (χ2v) is 6.52. The number of nitrogens with zero attached hydrogens (tertiary/aromatic N) is 1. The number of fused-ring (bicyclic) bond motifs is 1. The molecule has 0 spiro atoms. The smallest absolute Gasteiger partial charge is 0.0349 e. The van der Waals surface area contributed by atoms with E-state index < -0.39 is 0 Å². The lowest BCUT2D eigenvalue weighted by Gasteiger charge is -2.33. The lowest BCUT2D eigenvalue weighted by atomic mass is 9.86. The van der Waals surface area contributed by atoms with Gasteiger partial charge in [-0.3, -0.25) is 0 Å². The number of nitrogens with two attached hydrogens (primary N) is 1. The molecule has 0 fully saturated rings. The number of thiophene rings is 1. The third kappa shape index (κ3) is 2.89. The first-order valence-electron chi connectivity index (χ1n) is 7.31. The second-order valence-electron chi connectivity index (χ2n) is 5.74. The van der Waals surface area contributed by atoms with E-state index in [2.05, 4.69) is 40.9 Å². The van der Waals surface area contributed by atoms with Gasteiger partial charge in [0.1, 0.15) is 0 Å². The zero-order chi connectivity index (χ0) is 13.9.